The Morgan fingerprint density at radius 1 is 1.40 bits per heavy atom. The molecule has 106 valence electrons. The fourth-order valence-electron chi connectivity index (χ4n) is 3.17. The molecule has 0 spiro atoms. The number of pyridine rings is 1. The molecule has 1 saturated carbocycles. The van der Waals surface area contributed by atoms with Gasteiger partial charge in [-0.1, -0.05) is 0 Å². The van der Waals surface area contributed by atoms with Crippen molar-refractivity contribution in [2.45, 2.75) is 25.3 Å². The molecule has 4 rings (SSSR count). The molecule has 1 saturated heterocycles. The zero-order valence-corrected chi connectivity index (χ0v) is 11.8. The summed E-state index contributed by atoms with van der Waals surface area (Å²) < 4.78 is 0. The topological polar surface area (TPSA) is 48.5 Å². The Morgan fingerprint density at radius 3 is 3.05 bits per heavy atom. The van der Waals surface area contributed by atoms with Crippen LogP contribution in [0.2, 0.25) is 0 Å². The summed E-state index contributed by atoms with van der Waals surface area (Å²) in [5.41, 5.74) is 1.71. The summed E-state index contributed by atoms with van der Waals surface area (Å²) in [7, 11) is 2.09. The molecular formula is C15H20N4O. The van der Waals surface area contributed by atoms with Gasteiger partial charge >= 0.3 is 0 Å². The van der Waals surface area contributed by atoms with E-state index < -0.39 is 0 Å². The summed E-state index contributed by atoms with van der Waals surface area (Å²) >= 11 is 0. The van der Waals surface area contributed by atoms with Gasteiger partial charge in [0.25, 0.3) is 5.91 Å². The molecule has 1 amide bonds. The van der Waals surface area contributed by atoms with E-state index in [9.17, 15) is 4.79 Å². The van der Waals surface area contributed by atoms with Gasteiger partial charge in [0.15, 0.2) is 5.82 Å². The van der Waals surface area contributed by atoms with E-state index in [1.807, 2.05) is 12.1 Å². The average Bonchev–Trinajstić information content (AvgIpc) is 3.20. The first kappa shape index (κ1) is 12.0. The highest BCUT2D eigenvalue weighted by molar-refractivity contribution is 5.93. The SMILES string of the molecule is CN1c2nc(C(=O)NCC3CC3)ccc2N2CCC1C2. The Balaban J connectivity index is 1.58. The first-order valence-electron chi connectivity index (χ1n) is 7.49. The highest BCUT2D eigenvalue weighted by atomic mass is 16.1. The van der Waals surface area contributed by atoms with E-state index in [-0.39, 0.29) is 5.91 Å². The molecule has 5 nitrogen and oxygen atoms in total. The number of hydrogen-bond acceptors (Lipinski definition) is 4. The average molecular weight is 272 g/mol. The van der Waals surface area contributed by atoms with Crippen molar-refractivity contribution in [2.75, 3.05) is 36.5 Å². The van der Waals surface area contributed by atoms with E-state index in [1.54, 1.807) is 0 Å². The van der Waals surface area contributed by atoms with Crippen LogP contribution < -0.4 is 15.1 Å². The molecule has 1 atom stereocenters. The van der Waals surface area contributed by atoms with Gasteiger partial charge in [-0.3, -0.25) is 4.79 Å². The number of anilines is 2. The number of nitrogens with zero attached hydrogens (tertiary/aromatic N) is 3. The fourth-order valence-corrected chi connectivity index (χ4v) is 3.17. The molecule has 0 radical (unpaired) electrons. The highest BCUT2D eigenvalue weighted by Crippen LogP contribution is 2.37. The normalized spacial score (nSPS) is 23.8. The van der Waals surface area contributed by atoms with Crippen LogP contribution in [0.1, 0.15) is 29.8 Å². The van der Waals surface area contributed by atoms with Crippen LogP contribution >= 0.6 is 0 Å². The molecule has 2 bridgehead atoms. The van der Waals surface area contributed by atoms with Crippen LogP contribution in [0, 0.1) is 5.92 Å². The van der Waals surface area contributed by atoms with Gasteiger partial charge in [0.05, 0.1) is 5.69 Å². The number of carbonyl (C=O) groups excluding carboxylic acids is 1. The van der Waals surface area contributed by atoms with Gasteiger partial charge in [0, 0.05) is 32.7 Å². The molecule has 1 aliphatic carbocycles. The summed E-state index contributed by atoms with van der Waals surface area (Å²) in [5, 5.41) is 2.99. The quantitative estimate of drug-likeness (QED) is 0.899. The van der Waals surface area contributed by atoms with Crippen LogP contribution in [-0.4, -0.2) is 43.6 Å². The van der Waals surface area contributed by atoms with Gasteiger partial charge < -0.3 is 15.1 Å². The number of nitrogens with one attached hydrogen (secondary N) is 1. The Kier molecular flexibility index (Phi) is 2.62. The van der Waals surface area contributed by atoms with Crippen molar-refractivity contribution in [1.82, 2.24) is 10.3 Å². The molecule has 0 aromatic carbocycles. The van der Waals surface area contributed by atoms with Crippen molar-refractivity contribution in [3.63, 3.8) is 0 Å². The standard InChI is InChI=1S/C15H20N4O/c1-18-11-6-7-19(9-11)13-5-4-12(17-14(13)18)15(20)16-8-10-2-3-10/h4-5,10-11H,2-3,6-9H2,1H3,(H,16,20). The van der Waals surface area contributed by atoms with E-state index in [4.69, 9.17) is 0 Å². The molecule has 5 heteroatoms. The smallest absolute Gasteiger partial charge is 0.269 e. The van der Waals surface area contributed by atoms with E-state index in [0.717, 1.165) is 25.5 Å². The van der Waals surface area contributed by atoms with Gasteiger partial charge in [0.1, 0.15) is 5.69 Å². The molecular weight excluding hydrogens is 252 g/mol. The molecule has 2 aliphatic heterocycles. The highest BCUT2D eigenvalue weighted by Gasteiger charge is 2.35. The van der Waals surface area contributed by atoms with E-state index in [1.165, 1.54) is 24.9 Å². The maximum Gasteiger partial charge on any atom is 0.269 e. The number of aromatic nitrogens is 1. The van der Waals surface area contributed by atoms with Gasteiger partial charge in [-0.05, 0) is 37.3 Å². The maximum atomic E-state index is 12.1. The second-order valence-electron chi connectivity index (χ2n) is 6.19. The largest absolute Gasteiger partial charge is 0.366 e. The summed E-state index contributed by atoms with van der Waals surface area (Å²) in [5.74, 6) is 1.61. The number of fused-ring (bicyclic) bond motifs is 4. The minimum absolute atomic E-state index is 0.0407. The molecule has 3 heterocycles. The van der Waals surface area contributed by atoms with Crippen LogP contribution in [-0.2, 0) is 0 Å². The number of amides is 1. The summed E-state index contributed by atoms with van der Waals surface area (Å²) in [4.78, 5) is 21.4. The van der Waals surface area contributed by atoms with Crippen molar-refractivity contribution >= 4 is 17.4 Å². The predicted octanol–water partition coefficient (Wildman–Crippen LogP) is 1.25. The third-order valence-electron chi connectivity index (χ3n) is 4.72. The molecule has 3 aliphatic rings. The lowest BCUT2D eigenvalue weighted by Crippen LogP contribution is -2.40. The number of hydrogen-bond donors (Lipinski definition) is 1. The molecule has 1 aromatic heterocycles. The van der Waals surface area contributed by atoms with E-state index >= 15 is 0 Å². The monoisotopic (exact) mass is 272 g/mol. The minimum atomic E-state index is -0.0407. The van der Waals surface area contributed by atoms with Gasteiger partial charge in [0.2, 0.25) is 0 Å². The van der Waals surface area contributed by atoms with Crippen LogP contribution in [0.15, 0.2) is 12.1 Å². The minimum Gasteiger partial charge on any atom is -0.366 e. The summed E-state index contributed by atoms with van der Waals surface area (Å²) in [6.07, 6.45) is 3.67. The maximum absolute atomic E-state index is 12.1. The first-order valence-corrected chi connectivity index (χ1v) is 7.49. The fraction of sp³-hybridized carbons (Fsp3) is 0.600. The number of rotatable bonds is 3. The second kappa shape index (κ2) is 4.36. The van der Waals surface area contributed by atoms with Crippen LogP contribution in [0.5, 0.6) is 0 Å². The lowest BCUT2D eigenvalue weighted by molar-refractivity contribution is 0.0947. The summed E-state index contributed by atoms with van der Waals surface area (Å²) in [6.45, 7) is 2.97. The molecule has 2 fully saturated rings. The van der Waals surface area contributed by atoms with Gasteiger partial charge in [-0.2, -0.15) is 0 Å². The summed E-state index contributed by atoms with van der Waals surface area (Å²) in [6, 6.07) is 4.44. The zero-order chi connectivity index (χ0) is 13.7. The van der Waals surface area contributed by atoms with Gasteiger partial charge in [-0.15, -0.1) is 0 Å². The van der Waals surface area contributed by atoms with Crippen molar-refractivity contribution in [3.8, 4) is 0 Å². The second-order valence-corrected chi connectivity index (χ2v) is 6.19. The Hall–Kier alpha value is -1.78. The van der Waals surface area contributed by atoms with Crippen LogP contribution in [0.25, 0.3) is 0 Å². The lowest BCUT2D eigenvalue weighted by Gasteiger charge is -2.34. The molecule has 1 aromatic rings. The van der Waals surface area contributed by atoms with Crippen molar-refractivity contribution in [3.05, 3.63) is 17.8 Å². The van der Waals surface area contributed by atoms with E-state index in [0.29, 0.717) is 17.7 Å². The lowest BCUT2D eigenvalue weighted by atomic mass is 10.2. The van der Waals surface area contributed by atoms with Crippen molar-refractivity contribution in [1.29, 1.82) is 0 Å². The Bertz CT molecular complexity index is 555. The van der Waals surface area contributed by atoms with Crippen LogP contribution in [0.4, 0.5) is 11.5 Å². The predicted molar refractivity (Wildman–Crippen MR) is 78.3 cm³/mol. The van der Waals surface area contributed by atoms with Gasteiger partial charge in [-0.25, -0.2) is 4.98 Å². The first-order chi connectivity index (χ1) is 9.72. The Morgan fingerprint density at radius 2 is 2.25 bits per heavy atom. The van der Waals surface area contributed by atoms with Crippen LogP contribution in [0.3, 0.4) is 0 Å². The number of likely N-dealkylation sites (N-methyl/N-ethyl adjacent to an activating group) is 1. The van der Waals surface area contributed by atoms with Crippen molar-refractivity contribution in [2.24, 2.45) is 5.92 Å². The Labute approximate surface area is 119 Å². The van der Waals surface area contributed by atoms with Crippen molar-refractivity contribution < 1.29 is 4.79 Å². The number of carbonyl (C=O) groups is 1. The molecule has 1 unspecified atom stereocenters. The van der Waals surface area contributed by atoms with E-state index in [2.05, 4.69) is 27.1 Å². The third-order valence-corrected chi connectivity index (χ3v) is 4.72. The molecule has 20 heavy (non-hydrogen) atoms. The zero-order valence-electron chi connectivity index (χ0n) is 11.8. The molecule has 1 N–H and O–H groups in total. The third kappa shape index (κ3) is 1.92.